The second kappa shape index (κ2) is 4.47. The van der Waals surface area contributed by atoms with Crippen molar-refractivity contribution in [3.63, 3.8) is 0 Å². The molecular weight excluding hydrogens is 276 g/mol. The topological polar surface area (TPSA) is 89.1 Å². The second-order valence-electron chi connectivity index (χ2n) is 5.58. The molecule has 2 N–H and O–H groups in total. The Labute approximate surface area is 120 Å². The molecule has 0 unspecified atom stereocenters. The lowest BCUT2D eigenvalue weighted by molar-refractivity contribution is -0.111. The van der Waals surface area contributed by atoms with Crippen LogP contribution in [0.5, 0.6) is 11.5 Å². The molecule has 0 saturated carbocycles. The van der Waals surface area contributed by atoms with E-state index in [1.54, 1.807) is 26.0 Å². The number of hydrogen-bond donors (Lipinski definition) is 2. The maximum Gasteiger partial charge on any atom is 0.336 e. The first-order chi connectivity index (χ1) is 9.85. The Morgan fingerprint density at radius 2 is 2.00 bits per heavy atom. The van der Waals surface area contributed by atoms with Crippen molar-refractivity contribution in [3.8, 4) is 11.5 Å². The van der Waals surface area contributed by atoms with Crippen LogP contribution in [0.25, 0.3) is 11.0 Å². The molecular formula is C15H16O6. The van der Waals surface area contributed by atoms with Gasteiger partial charge in [-0.3, -0.25) is 0 Å². The summed E-state index contributed by atoms with van der Waals surface area (Å²) in [7, 11) is 1.49. The van der Waals surface area contributed by atoms with Gasteiger partial charge in [0.05, 0.1) is 18.1 Å². The molecule has 2 heterocycles. The van der Waals surface area contributed by atoms with E-state index < -0.39 is 23.4 Å². The Bertz CT molecular complexity index is 761. The summed E-state index contributed by atoms with van der Waals surface area (Å²) in [5.74, 6) is 0.795. The van der Waals surface area contributed by atoms with Gasteiger partial charge in [-0.15, -0.1) is 0 Å². The minimum absolute atomic E-state index is 0.166. The summed E-state index contributed by atoms with van der Waals surface area (Å²) in [6.07, 6.45) is -2.37. The molecule has 0 bridgehead atoms. The van der Waals surface area contributed by atoms with Gasteiger partial charge in [0.2, 0.25) is 0 Å². The molecule has 0 spiro atoms. The van der Waals surface area contributed by atoms with E-state index in [1.807, 2.05) is 0 Å². The highest BCUT2D eigenvalue weighted by Crippen LogP contribution is 2.46. The van der Waals surface area contributed by atoms with Crippen LogP contribution in [0.15, 0.2) is 27.4 Å². The van der Waals surface area contributed by atoms with Crippen LogP contribution in [0.1, 0.15) is 25.5 Å². The summed E-state index contributed by atoms with van der Waals surface area (Å²) >= 11 is 0. The highest BCUT2D eigenvalue weighted by Gasteiger charge is 2.44. The average Bonchev–Trinajstić information content (AvgIpc) is 2.43. The molecule has 3 rings (SSSR count). The molecule has 6 heteroatoms. The lowest BCUT2D eigenvalue weighted by Gasteiger charge is -2.40. The lowest BCUT2D eigenvalue weighted by atomic mass is 9.87. The van der Waals surface area contributed by atoms with Gasteiger partial charge in [0, 0.05) is 12.1 Å². The van der Waals surface area contributed by atoms with Crippen molar-refractivity contribution in [1.82, 2.24) is 0 Å². The molecule has 0 aliphatic carbocycles. The number of benzene rings is 1. The molecule has 21 heavy (non-hydrogen) atoms. The molecule has 2 atom stereocenters. The first-order valence-electron chi connectivity index (χ1n) is 6.55. The number of ether oxygens (including phenoxy) is 2. The number of hydrogen-bond acceptors (Lipinski definition) is 6. The van der Waals surface area contributed by atoms with Crippen molar-refractivity contribution in [2.45, 2.75) is 31.7 Å². The number of fused-ring (bicyclic) bond motifs is 3. The van der Waals surface area contributed by atoms with Gasteiger partial charge in [0.15, 0.2) is 5.58 Å². The molecule has 1 aromatic heterocycles. The van der Waals surface area contributed by atoms with E-state index in [-0.39, 0.29) is 11.1 Å². The zero-order valence-corrected chi connectivity index (χ0v) is 11.9. The van der Waals surface area contributed by atoms with E-state index in [0.717, 1.165) is 0 Å². The zero-order chi connectivity index (χ0) is 15.4. The third-order valence-corrected chi connectivity index (χ3v) is 3.77. The molecule has 1 aliphatic rings. The molecule has 112 valence electrons. The third-order valence-electron chi connectivity index (χ3n) is 3.77. The normalized spacial score (nSPS) is 23.5. The van der Waals surface area contributed by atoms with Gasteiger partial charge < -0.3 is 24.1 Å². The Hall–Kier alpha value is -2.05. The van der Waals surface area contributed by atoms with Crippen LogP contribution >= 0.6 is 0 Å². The van der Waals surface area contributed by atoms with E-state index in [1.165, 1.54) is 13.2 Å². The summed E-state index contributed by atoms with van der Waals surface area (Å²) < 4.78 is 16.2. The average molecular weight is 292 g/mol. The molecule has 0 fully saturated rings. The zero-order valence-electron chi connectivity index (χ0n) is 11.9. The van der Waals surface area contributed by atoms with E-state index in [0.29, 0.717) is 16.9 Å². The van der Waals surface area contributed by atoms with E-state index in [9.17, 15) is 15.0 Å². The first-order valence-corrected chi connectivity index (χ1v) is 6.55. The summed E-state index contributed by atoms with van der Waals surface area (Å²) in [4.78, 5) is 11.5. The van der Waals surface area contributed by atoms with Crippen LogP contribution in [-0.4, -0.2) is 29.0 Å². The number of aliphatic hydroxyl groups is 2. The van der Waals surface area contributed by atoms with Crippen molar-refractivity contribution in [2.75, 3.05) is 7.11 Å². The lowest BCUT2D eigenvalue weighted by Crippen LogP contribution is -2.48. The van der Waals surface area contributed by atoms with Gasteiger partial charge in [-0.2, -0.15) is 0 Å². The smallest absolute Gasteiger partial charge is 0.336 e. The van der Waals surface area contributed by atoms with Crippen molar-refractivity contribution < 1.29 is 24.1 Å². The van der Waals surface area contributed by atoms with Crippen LogP contribution in [0.2, 0.25) is 0 Å². The monoisotopic (exact) mass is 292 g/mol. The Morgan fingerprint density at radius 3 is 2.67 bits per heavy atom. The van der Waals surface area contributed by atoms with Gasteiger partial charge in [-0.25, -0.2) is 4.79 Å². The van der Waals surface area contributed by atoms with Gasteiger partial charge in [-0.05, 0) is 19.9 Å². The minimum atomic E-state index is -1.22. The summed E-state index contributed by atoms with van der Waals surface area (Å²) in [5.41, 5.74) is -1.10. The summed E-state index contributed by atoms with van der Waals surface area (Å²) in [6.45, 7) is 3.34. The Balaban J connectivity index is 2.39. The Kier molecular flexibility index (Phi) is 2.96. The molecule has 0 radical (unpaired) electrons. The molecule has 0 saturated heterocycles. The van der Waals surface area contributed by atoms with Gasteiger partial charge in [-0.1, -0.05) is 0 Å². The SMILES string of the molecule is COc1cc2c(c3oc(=O)ccc13)[C@@H](O)[C@H](O)C(C)(C)O2. The van der Waals surface area contributed by atoms with Crippen molar-refractivity contribution in [2.24, 2.45) is 0 Å². The fourth-order valence-corrected chi connectivity index (χ4v) is 2.61. The maximum absolute atomic E-state index is 11.5. The number of aliphatic hydroxyl groups excluding tert-OH is 2. The molecule has 1 aliphatic heterocycles. The Morgan fingerprint density at radius 1 is 1.29 bits per heavy atom. The maximum atomic E-state index is 11.5. The molecule has 1 aromatic carbocycles. The summed E-state index contributed by atoms with van der Waals surface area (Å²) in [6, 6.07) is 4.45. The predicted molar refractivity (Wildman–Crippen MR) is 74.7 cm³/mol. The van der Waals surface area contributed by atoms with Crippen molar-refractivity contribution >= 4 is 11.0 Å². The quantitative estimate of drug-likeness (QED) is 0.772. The van der Waals surface area contributed by atoms with Crippen molar-refractivity contribution in [3.05, 3.63) is 34.2 Å². The van der Waals surface area contributed by atoms with Crippen LogP contribution in [0.4, 0.5) is 0 Å². The predicted octanol–water partition coefficient (Wildman–Crippen LogP) is 1.37. The summed E-state index contributed by atoms with van der Waals surface area (Å²) in [5, 5.41) is 21.1. The molecule has 2 aromatic rings. The molecule has 6 nitrogen and oxygen atoms in total. The largest absolute Gasteiger partial charge is 0.496 e. The van der Waals surface area contributed by atoms with Crippen LogP contribution < -0.4 is 15.1 Å². The van der Waals surface area contributed by atoms with Gasteiger partial charge in [0.1, 0.15) is 29.3 Å². The minimum Gasteiger partial charge on any atom is -0.496 e. The fourth-order valence-electron chi connectivity index (χ4n) is 2.61. The third kappa shape index (κ3) is 1.99. The fraction of sp³-hybridized carbons (Fsp3) is 0.400. The molecule has 0 amide bonds. The van der Waals surface area contributed by atoms with Crippen molar-refractivity contribution in [1.29, 1.82) is 0 Å². The van der Waals surface area contributed by atoms with E-state index >= 15 is 0 Å². The highest BCUT2D eigenvalue weighted by molar-refractivity contribution is 5.89. The van der Waals surface area contributed by atoms with E-state index in [2.05, 4.69) is 0 Å². The van der Waals surface area contributed by atoms with Crippen LogP contribution in [-0.2, 0) is 0 Å². The number of rotatable bonds is 1. The van der Waals surface area contributed by atoms with Crippen LogP contribution in [0.3, 0.4) is 0 Å². The second-order valence-corrected chi connectivity index (χ2v) is 5.58. The number of methoxy groups -OCH3 is 1. The standard InChI is InChI=1S/C15H16O6/c1-15(2)14(18)12(17)11-9(21-15)6-8(19-3)7-4-5-10(16)20-13(7)11/h4-6,12,14,17-18H,1-3H3/t12-,14+/m1/s1. The highest BCUT2D eigenvalue weighted by atomic mass is 16.5. The van der Waals surface area contributed by atoms with Gasteiger partial charge in [0.25, 0.3) is 0 Å². The van der Waals surface area contributed by atoms with E-state index in [4.69, 9.17) is 13.9 Å². The first kappa shape index (κ1) is 13.9. The van der Waals surface area contributed by atoms with Crippen LogP contribution in [0, 0.1) is 0 Å². The van der Waals surface area contributed by atoms with Gasteiger partial charge >= 0.3 is 5.63 Å².